The standard InChI is InChI=1S/C22H26FN5O/c1-15-14-21-24-16(2)20(17(3)28(21)25-15)8-9-22(29)27-12-10-26(11-13-27)19-6-4-18(23)5-7-19/h4-7,14H,8-13H2,1-3H3. The minimum Gasteiger partial charge on any atom is -0.368 e. The first-order chi connectivity index (χ1) is 13.9. The van der Waals surface area contributed by atoms with E-state index >= 15 is 0 Å². The summed E-state index contributed by atoms with van der Waals surface area (Å²) in [6, 6.07) is 8.50. The highest BCUT2D eigenvalue weighted by atomic mass is 19.1. The predicted molar refractivity (Wildman–Crippen MR) is 111 cm³/mol. The van der Waals surface area contributed by atoms with Crippen molar-refractivity contribution in [1.82, 2.24) is 19.5 Å². The van der Waals surface area contributed by atoms with Gasteiger partial charge >= 0.3 is 0 Å². The normalized spacial score (nSPS) is 14.6. The number of halogens is 1. The van der Waals surface area contributed by atoms with Gasteiger partial charge in [0.25, 0.3) is 0 Å². The summed E-state index contributed by atoms with van der Waals surface area (Å²) in [4.78, 5) is 21.5. The molecule has 3 heterocycles. The SMILES string of the molecule is Cc1cc2nc(C)c(CCC(=O)N3CCN(c4ccc(F)cc4)CC3)c(C)n2n1. The van der Waals surface area contributed by atoms with Crippen LogP contribution in [-0.4, -0.2) is 51.6 Å². The van der Waals surface area contributed by atoms with Crippen molar-refractivity contribution in [2.75, 3.05) is 31.1 Å². The molecule has 29 heavy (non-hydrogen) atoms. The molecule has 0 bridgehead atoms. The Balaban J connectivity index is 1.37. The Bertz CT molecular complexity index is 1040. The number of hydrogen-bond acceptors (Lipinski definition) is 4. The van der Waals surface area contributed by atoms with Crippen LogP contribution in [0, 0.1) is 26.6 Å². The van der Waals surface area contributed by atoms with Gasteiger partial charge in [-0.3, -0.25) is 4.79 Å². The molecule has 3 aromatic rings. The zero-order valence-electron chi connectivity index (χ0n) is 17.2. The maximum absolute atomic E-state index is 13.1. The molecule has 1 aliphatic heterocycles. The number of carbonyl (C=O) groups is 1. The number of nitrogens with zero attached hydrogens (tertiary/aromatic N) is 5. The summed E-state index contributed by atoms with van der Waals surface area (Å²) in [6.45, 7) is 8.88. The van der Waals surface area contributed by atoms with Gasteiger partial charge in [-0.2, -0.15) is 5.10 Å². The second-order valence-electron chi connectivity index (χ2n) is 7.66. The van der Waals surface area contributed by atoms with Crippen molar-refractivity contribution >= 4 is 17.2 Å². The predicted octanol–water partition coefficient (Wildman–Crippen LogP) is 3.08. The number of aromatic nitrogens is 3. The van der Waals surface area contributed by atoms with Gasteiger partial charge in [0.15, 0.2) is 5.65 Å². The highest BCUT2D eigenvalue weighted by molar-refractivity contribution is 5.77. The van der Waals surface area contributed by atoms with E-state index in [0.717, 1.165) is 47.1 Å². The number of piperazine rings is 1. The minimum atomic E-state index is -0.230. The maximum Gasteiger partial charge on any atom is 0.223 e. The Hall–Kier alpha value is -2.96. The Morgan fingerprint density at radius 1 is 1.07 bits per heavy atom. The number of aryl methyl sites for hydroxylation is 3. The largest absolute Gasteiger partial charge is 0.368 e. The molecule has 0 N–H and O–H groups in total. The summed E-state index contributed by atoms with van der Waals surface area (Å²) >= 11 is 0. The second kappa shape index (κ2) is 7.81. The van der Waals surface area contributed by atoms with E-state index in [0.29, 0.717) is 25.9 Å². The van der Waals surface area contributed by atoms with Crippen LogP contribution in [0.5, 0.6) is 0 Å². The second-order valence-corrected chi connectivity index (χ2v) is 7.66. The van der Waals surface area contributed by atoms with Crippen molar-refractivity contribution in [3.05, 3.63) is 58.8 Å². The summed E-state index contributed by atoms with van der Waals surface area (Å²) in [7, 11) is 0. The Kier molecular flexibility index (Phi) is 5.22. The molecule has 1 aromatic carbocycles. The quantitative estimate of drug-likeness (QED) is 0.681. The average Bonchev–Trinajstić information content (AvgIpc) is 3.08. The lowest BCUT2D eigenvalue weighted by Gasteiger charge is -2.36. The third-order valence-corrected chi connectivity index (χ3v) is 5.70. The first-order valence-electron chi connectivity index (χ1n) is 10.0. The van der Waals surface area contributed by atoms with Crippen molar-refractivity contribution < 1.29 is 9.18 Å². The van der Waals surface area contributed by atoms with Crippen LogP contribution in [0.15, 0.2) is 30.3 Å². The third-order valence-electron chi connectivity index (χ3n) is 5.70. The van der Waals surface area contributed by atoms with Crippen LogP contribution in [0.25, 0.3) is 5.65 Å². The van der Waals surface area contributed by atoms with Crippen molar-refractivity contribution in [2.24, 2.45) is 0 Å². The van der Waals surface area contributed by atoms with Crippen molar-refractivity contribution in [3.63, 3.8) is 0 Å². The first kappa shape index (κ1) is 19.4. The van der Waals surface area contributed by atoms with Crippen LogP contribution in [-0.2, 0) is 11.2 Å². The van der Waals surface area contributed by atoms with E-state index in [1.54, 1.807) is 12.1 Å². The maximum atomic E-state index is 13.1. The molecule has 0 unspecified atom stereocenters. The number of amides is 1. The van der Waals surface area contributed by atoms with Crippen molar-refractivity contribution in [1.29, 1.82) is 0 Å². The lowest BCUT2D eigenvalue weighted by atomic mass is 10.1. The molecule has 0 atom stereocenters. The average molecular weight is 395 g/mol. The van der Waals surface area contributed by atoms with E-state index in [1.165, 1.54) is 12.1 Å². The first-order valence-corrected chi connectivity index (χ1v) is 10.0. The molecule has 1 amide bonds. The summed E-state index contributed by atoms with van der Waals surface area (Å²) in [6.07, 6.45) is 1.13. The topological polar surface area (TPSA) is 53.7 Å². The van der Waals surface area contributed by atoms with Crippen LogP contribution >= 0.6 is 0 Å². The van der Waals surface area contributed by atoms with Gasteiger partial charge in [0.05, 0.1) is 5.69 Å². The van der Waals surface area contributed by atoms with Gasteiger partial charge < -0.3 is 9.80 Å². The van der Waals surface area contributed by atoms with Gasteiger partial charge in [-0.1, -0.05) is 0 Å². The van der Waals surface area contributed by atoms with Gasteiger partial charge in [0.1, 0.15) is 5.82 Å². The summed E-state index contributed by atoms with van der Waals surface area (Å²) in [5, 5.41) is 4.50. The minimum absolute atomic E-state index is 0.166. The monoisotopic (exact) mass is 395 g/mol. The fourth-order valence-electron chi connectivity index (χ4n) is 4.06. The van der Waals surface area contributed by atoms with E-state index in [9.17, 15) is 9.18 Å². The molecule has 0 aliphatic carbocycles. The lowest BCUT2D eigenvalue weighted by Crippen LogP contribution is -2.48. The van der Waals surface area contributed by atoms with Gasteiger partial charge in [0.2, 0.25) is 5.91 Å². The van der Waals surface area contributed by atoms with E-state index in [-0.39, 0.29) is 11.7 Å². The number of rotatable bonds is 4. The van der Waals surface area contributed by atoms with Gasteiger partial charge in [-0.05, 0) is 57.0 Å². The highest BCUT2D eigenvalue weighted by Gasteiger charge is 2.22. The van der Waals surface area contributed by atoms with E-state index < -0.39 is 0 Å². The Morgan fingerprint density at radius 3 is 2.45 bits per heavy atom. The molecule has 0 radical (unpaired) electrons. The van der Waals surface area contributed by atoms with E-state index in [4.69, 9.17) is 0 Å². The molecule has 1 fully saturated rings. The summed E-state index contributed by atoms with van der Waals surface area (Å²) in [5.41, 5.74) is 5.90. The highest BCUT2D eigenvalue weighted by Crippen LogP contribution is 2.19. The molecule has 2 aromatic heterocycles. The Morgan fingerprint density at radius 2 is 1.76 bits per heavy atom. The third kappa shape index (κ3) is 3.95. The number of anilines is 1. The fraction of sp³-hybridized carbons (Fsp3) is 0.409. The van der Waals surface area contributed by atoms with E-state index in [2.05, 4.69) is 15.0 Å². The Labute approximate surface area is 170 Å². The van der Waals surface area contributed by atoms with Gasteiger partial charge in [-0.25, -0.2) is 13.9 Å². The van der Waals surface area contributed by atoms with Crippen LogP contribution in [0.2, 0.25) is 0 Å². The van der Waals surface area contributed by atoms with Crippen LogP contribution < -0.4 is 4.90 Å². The molecular weight excluding hydrogens is 369 g/mol. The smallest absolute Gasteiger partial charge is 0.223 e. The van der Waals surface area contributed by atoms with Gasteiger partial charge in [0, 0.05) is 55.7 Å². The molecule has 0 saturated carbocycles. The molecule has 1 saturated heterocycles. The fourth-order valence-corrected chi connectivity index (χ4v) is 4.06. The number of fused-ring (bicyclic) bond motifs is 1. The van der Waals surface area contributed by atoms with Crippen LogP contribution in [0.4, 0.5) is 10.1 Å². The summed E-state index contributed by atoms with van der Waals surface area (Å²) in [5.74, 6) is -0.0644. The van der Waals surface area contributed by atoms with Crippen molar-refractivity contribution in [3.8, 4) is 0 Å². The molecule has 4 rings (SSSR count). The number of carbonyl (C=O) groups excluding carboxylic acids is 1. The molecular formula is C22H26FN5O. The summed E-state index contributed by atoms with van der Waals surface area (Å²) < 4.78 is 15.0. The van der Waals surface area contributed by atoms with Crippen LogP contribution in [0.1, 0.15) is 29.1 Å². The molecule has 1 aliphatic rings. The molecule has 0 spiro atoms. The van der Waals surface area contributed by atoms with Crippen molar-refractivity contribution in [2.45, 2.75) is 33.6 Å². The molecule has 7 heteroatoms. The number of hydrogen-bond donors (Lipinski definition) is 0. The zero-order valence-corrected chi connectivity index (χ0v) is 17.2. The molecule has 152 valence electrons. The van der Waals surface area contributed by atoms with Crippen LogP contribution in [0.3, 0.4) is 0 Å². The van der Waals surface area contributed by atoms with E-state index in [1.807, 2.05) is 36.3 Å². The van der Waals surface area contributed by atoms with Gasteiger partial charge in [-0.15, -0.1) is 0 Å². The number of benzene rings is 1. The lowest BCUT2D eigenvalue weighted by molar-refractivity contribution is -0.131. The zero-order chi connectivity index (χ0) is 20.5. The molecule has 6 nitrogen and oxygen atoms in total.